The molecular weight excluding hydrogens is 126 g/mol. The Bertz CT molecular complexity index is 143. The zero-order valence-electron chi connectivity index (χ0n) is 6.90. The van der Waals surface area contributed by atoms with Crippen LogP contribution in [0.25, 0.3) is 0 Å². The molecule has 0 radical (unpaired) electrons. The third-order valence-corrected chi connectivity index (χ3v) is 1.65. The number of hydrogen-bond acceptors (Lipinski definition) is 2. The Morgan fingerprint density at radius 1 is 1.40 bits per heavy atom. The van der Waals surface area contributed by atoms with Gasteiger partial charge < -0.3 is 4.84 Å². The lowest BCUT2D eigenvalue weighted by atomic mass is 10.2. The van der Waals surface area contributed by atoms with E-state index in [1.807, 2.05) is 0 Å². The van der Waals surface area contributed by atoms with Crippen molar-refractivity contribution in [2.75, 3.05) is 7.05 Å². The van der Waals surface area contributed by atoms with Crippen molar-refractivity contribution in [1.82, 2.24) is 5.48 Å². The van der Waals surface area contributed by atoms with Crippen molar-refractivity contribution < 1.29 is 4.84 Å². The van der Waals surface area contributed by atoms with Crippen LogP contribution < -0.4 is 5.48 Å². The van der Waals surface area contributed by atoms with Crippen molar-refractivity contribution in [2.45, 2.75) is 26.7 Å². The molecule has 2 nitrogen and oxygen atoms in total. The van der Waals surface area contributed by atoms with Crippen LogP contribution in [0.1, 0.15) is 26.7 Å². The monoisotopic (exact) mass is 141 g/mol. The molecule has 0 aromatic carbocycles. The van der Waals surface area contributed by atoms with Gasteiger partial charge in [0, 0.05) is 13.0 Å². The molecule has 0 aliphatic heterocycles. The minimum absolute atomic E-state index is 0.706. The highest BCUT2D eigenvalue weighted by atomic mass is 16.6. The lowest BCUT2D eigenvalue weighted by Gasteiger charge is -2.08. The van der Waals surface area contributed by atoms with Crippen LogP contribution in [0.2, 0.25) is 0 Å². The molecule has 0 atom stereocenters. The van der Waals surface area contributed by atoms with Gasteiger partial charge in [0.1, 0.15) is 5.76 Å². The van der Waals surface area contributed by atoms with E-state index in [-0.39, 0.29) is 0 Å². The molecule has 1 N–H and O–H groups in total. The second kappa shape index (κ2) is 3.06. The lowest BCUT2D eigenvalue weighted by Crippen LogP contribution is -2.09. The topological polar surface area (TPSA) is 21.3 Å². The van der Waals surface area contributed by atoms with Crippen molar-refractivity contribution in [1.29, 1.82) is 0 Å². The van der Waals surface area contributed by atoms with Gasteiger partial charge in [-0.3, -0.25) is 0 Å². The van der Waals surface area contributed by atoms with Crippen molar-refractivity contribution >= 4 is 0 Å². The highest BCUT2D eigenvalue weighted by Gasteiger charge is 2.28. The van der Waals surface area contributed by atoms with Crippen LogP contribution in [-0.2, 0) is 4.84 Å². The van der Waals surface area contributed by atoms with Gasteiger partial charge in [-0.2, -0.15) is 5.48 Å². The molecule has 1 rings (SSSR count). The summed E-state index contributed by atoms with van der Waals surface area (Å²) in [5.41, 5.74) is 4.00. The van der Waals surface area contributed by atoms with Crippen LogP contribution >= 0.6 is 0 Å². The Kier molecular flexibility index (Phi) is 2.33. The average Bonchev–Trinajstić information content (AvgIpc) is 2.63. The van der Waals surface area contributed by atoms with E-state index in [4.69, 9.17) is 4.84 Å². The maximum atomic E-state index is 5.26. The Labute approximate surface area is 62.2 Å². The lowest BCUT2D eigenvalue weighted by molar-refractivity contribution is 0.111. The second-order valence-electron chi connectivity index (χ2n) is 2.94. The van der Waals surface area contributed by atoms with Crippen LogP contribution in [0.3, 0.4) is 0 Å². The third-order valence-electron chi connectivity index (χ3n) is 1.65. The van der Waals surface area contributed by atoms with Crippen LogP contribution in [0.15, 0.2) is 11.3 Å². The maximum Gasteiger partial charge on any atom is 0.125 e. The van der Waals surface area contributed by atoms with Crippen molar-refractivity contribution in [3.05, 3.63) is 11.3 Å². The van der Waals surface area contributed by atoms with Gasteiger partial charge in [0.05, 0.1) is 0 Å². The van der Waals surface area contributed by atoms with Crippen molar-refractivity contribution in [3.63, 3.8) is 0 Å². The first-order valence-corrected chi connectivity index (χ1v) is 3.76. The van der Waals surface area contributed by atoms with Crippen LogP contribution in [0, 0.1) is 5.92 Å². The van der Waals surface area contributed by atoms with E-state index < -0.39 is 0 Å². The summed E-state index contributed by atoms with van der Waals surface area (Å²) >= 11 is 0. The first kappa shape index (κ1) is 7.61. The zero-order chi connectivity index (χ0) is 7.56. The van der Waals surface area contributed by atoms with E-state index in [1.165, 1.54) is 18.4 Å². The van der Waals surface area contributed by atoms with Crippen LogP contribution in [0.5, 0.6) is 0 Å². The van der Waals surface area contributed by atoms with E-state index in [0.29, 0.717) is 5.92 Å². The Morgan fingerprint density at radius 3 is 2.30 bits per heavy atom. The number of hydroxylamine groups is 1. The van der Waals surface area contributed by atoms with Crippen LogP contribution in [0.4, 0.5) is 0 Å². The first-order chi connectivity index (χ1) is 4.75. The summed E-state index contributed by atoms with van der Waals surface area (Å²) in [6.45, 7) is 4.18. The molecule has 0 amide bonds. The zero-order valence-corrected chi connectivity index (χ0v) is 6.90. The third kappa shape index (κ3) is 1.74. The molecule has 1 aliphatic carbocycles. The van der Waals surface area contributed by atoms with Gasteiger partial charge in [0.15, 0.2) is 0 Å². The van der Waals surface area contributed by atoms with E-state index in [2.05, 4.69) is 19.3 Å². The second-order valence-corrected chi connectivity index (χ2v) is 2.94. The molecule has 1 aliphatic rings. The van der Waals surface area contributed by atoms with Gasteiger partial charge in [-0.1, -0.05) is 0 Å². The van der Waals surface area contributed by atoms with Gasteiger partial charge >= 0.3 is 0 Å². The van der Waals surface area contributed by atoms with Gasteiger partial charge in [0.2, 0.25) is 0 Å². The molecular formula is C8H15NO. The molecule has 2 heteroatoms. The summed E-state index contributed by atoms with van der Waals surface area (Å²) in [5.74, 6) is 1.85. The Hall–Kier alpha value is -0.500. The molecule has 10 heavy (non-hydrogen) atoms. The predicted octanol–water partition coefficient (Wildman–Crippen LogP) is 1.84. The quantitative estimate of drug-likeness (QED) is 0.478. The SMILES string of the molecule is CNOC(=C(C)C)C1CC1. The molecule has 0 bridgehead atoms. The number of rotatable bonds is 3. The Morgan fingerprint density at radius 2 is 2.00 bits per heavy atom. The highest BCUT2D eigenvalue weighted by Crippen LogP contribution is 2.37. The Balaban J connectivity index is 2.50. The van der Waals surface area contributed by atoms with E-state index in [0.717, 1.165) is 5.76 Å². The minimum Gasteiger partial charge on any atom is -0.413 e. The van der Waals surface area contributed by atoms with E-state index in [1.54, 1.807) is 7.05 Å². The van der Waals surface area contributed by atoms with Gasteiger partial charge in [0.25, 0.3) is 0 Å². The largest absolute Gasteiger partial charge is 0.413 e. The van der Waals surface area contributed by atoms with Gasteiger partial charge in [-0.15, -0.1) is 0 Å². The molecule has 1 fully saturated rings. The minimum atomic E-state index is 0.706. The smallest absolute Gasteiger partial charge is 0.125 e. The van der Waals surface area contributed by atoms with Crippen molar-refractivity contribution in [3.8, 4) is 0 Å². The van der Waals surface area contributed by atoms with Gasteiger partial charge in [-0.05, 0) is 32.3 Å². The molecule has 0 saturated heterocycles. The maximum absolute atomic E-state index is 5.26. The van der Waals surface area contributed by atoms with Gasteiger partial charge in [-0.25, -0.2) is 0 Å². The standard InChI is InChI=1S/C8H15NO/c1-6(2)8(10-9-3)7-4-5-7/h7,9H,4-5H2,1-3H3. The first-order valence-electron chi connectivity index (χ1n) is 3.76. The number of allylic oxidation sites excluding steroid dienone is 2. The molecule has 0 aromatic rings. The molecule has 1 saturated carbocycles. The summed E-state index contributed by atoms with van der Waals surface area (Å²) in [4.78, 5) is 5.26. The molecule has 0 aromatic heterocycles. The molecule has 0 heterocycles. The summed E-state index contributed by atoms with van der Waals surface area (Å²) < 4.78 is 0. The fraction of sp³-hybridized carbons (Fsp3) is 0.750. The van der Waals surface area contributed by atoms with E-state index in [9.17, 15) is 0 Å². The average molecular weight is 141 g/mol. The molecule has 0 spiro atoms. The number of hydrogen-bond donors (Lipinski definition) is 1. The summed E-state index contributed by atoms with van der Waals surface area (Å²) in [6.07, 6.45) is 2.59. The molecule has 58 valence electrons. The molecule has 0 unspecified atom stereocenters. The number of nitrogens with one attached hydrogen (secondary N) is 1. The highest BCUT2D eigenvalue weighted by molar-refractivity contribution is 5.11. The fourth-order valence-electron chi connectivity index (χ4n) is 1.05. The van der Waals surface area contributed by atoms with E-state index >= 15 is 0 Å². The van der Waals surface area contributed by atoms with Crippen molar-refractivity contribution in [2.24, 2.45) is 5.92 Å². The summed E-state index contributed by atoms with van der Waals surface area (Å²) in [6, 6.07) is 0. The normalized spacial score (nSPS) is 16.7. The summed E-state index contributed by atoms with van der Waals surface area (Å²) in [7, 11) is 1.80. The predicted molar refractivity (Wildman–Crippen MR) is 41.2 cm³/mol. The fourth-order valence-corrected chi connectivity index (χ4v) is 1.05. The summed E-state index contributed by atoms with van der Waals surface area (Å²) in [5, 5.41) is 0. The van der Waals surface area contributed by atoms with Crippen LogP contribution in [-0.4, -0.2) is 7.05 Å².